The number of carbonyl (C=O) groups excluding carboxylic acids is 1. The number of ether oxygens (including phenoxy) is 2. The van der Waals surface area contributed by atoms with Crippen LogP contribution >= 0.6 is 12.2 Å². The molecule has 3 rings (SSSR count). The number of rotatable bonds is 6. The van der Waals surface area contributed by atoms with E-state index in [0.717, 1.165) is 22.7 Å². The lowest BCUT2D eigenvalue weighted by Gasteiger charge is -2.14. The van der Waals surface area contributed by atoms with Gasteiger partial charge in [-0.05, 0) is 74.1 Å². The van der Waals surface area contributed by atoms with Crippen molar-refractivity contribution in [3.05, 3.63) is 77.1 Å². The minimum absolute atomic E-state index is 0.302. The van der Waals surface area contributed by atoms with Crippen molar-refractivity contribution in [2.45, 2.75) is 20.4 Å². The van der Waals surface area contributed by atoms with E-state index >= 15 is 0 Å². The van der Waals surface area contributed by atoms with Crippen molar-refractivity contribution in [3.63, 3.8) is 0 Å². The molecule has 0 saturated carbocycles. The van der Waals surface area contributed by atoms with E-state index in [1.165, 1.54) is 7.11 Å². The van der Waals surface area contributed by atoms with Gasteiger partial charge in [-0.2, -0.15) is 0 Å². The highest BCUT2D eigenvalue weighted by molar-refractivity contribution is 7.80. The average molecular weight is 479 g/mol. The molecule has 176 valence electrons. The summed E-state index contributed by atoms with van der Waals surface area (Å²) in [6.07, 6.45) is 0. The number of aryl methyl sites for hydroxylation is 2. The highest BCUT2D eigenvalue weighted by atomic mass is 32.1. The number of thiocarbonyl (C=S) groups is 1. The molecule has 9 nitrogen and oxygen atoms in total. The zero-order valence-corrected chi connectivity index (χ0v) is 20.2. The number of guanidine groups is 1. The number of aliphatic imine (C=N–C) groups is 1. The number of anilines is 2. The van der Waals surface area contributed by atoms with Crippen LogP contribution in [-0.2, 0) is 11.3 Å². The van der Waals surface area contributed by atoms with Gasteiger partial charge in [0.15, 0.2) is 5.11 Å². The molecule has 0 bridgehead atoms. The standard InChI is InChI=1S/C24H26N6O3S/c1-15-13-16(2)27-23(26-15)29-22(25-14-17-5-11-20(32-3)12-6-17)30-24(34)28-19-9-7-18(8-10-19)21(31)33-4/h5-13H,14H2,1-4H3,(H3,25,26,27,28,29,30,34). The molecule has 0 fully saturated rings. The predicted octanol–water partition coefficient (Wildman–Crippen LogP) is 3.84. The van der Waals surface area contributed by atoms with Gasteiger partial charge in [-0.1, -0.05) is 12.1 Å². The zero-order chi connectivity index (χ0) is 24.5. The maximum absolute atomic E-state index is 11.6. The molecule has 0 amide bonds. The smallest absolute Gasteiger partial charge is 0.337 e. The average Bonchev–Trinajstić information content (AvgIpc) is 2.82. The topological polar surface area (TPSA) is 110 Å². The van der Waals surface area contributed by atoms with E-state index in [-0.39, 0.29) is 0 Å². The van der Waals surface area contributed by atoms with E-state index in [1.807, 2.05) is 44.2 Å². The van der Waals surface area contributed by atoms with E-state index in [2.05, 4.69) is 30.9 Å². The van der Waals surface area contributed by atoms with E-state index in [4.69, 9.17) is 21.7 Å². The molecule has 0 radical (unpaired) electrons. The van der Waals surface area contributed by atoms with Gasteiger partial charge in [-0.25, -0.2) is 19.8 Å². The number of methoxy groups -OCH3 is 2. The fourth-order valence-electron chi connectivity index (χ4n) is 2.98. The third-order valence-electron chi connectivity index (χ3n) is 4.59. The summed E-state index contributed by atoms with van der Waals surface area (Å²) in [5.74, 6) is 1.16. The number of esters is 1. The second-order valence-electron chi connectivity index (χ2n) is 7.26. The minimum atomic E-state index is -0.405. The third kappa shape index (κ3) is 7.24. The van der Waals surface area contributed by atoms with Gasteiger partial charge in [-0.15, -0.1) is 0 Å². The summed E-state index contributed by atoms with van der Waals surface area (Å²) in [7, 11) is 2.96. The second-order valence-corrected chi connectivity index (χ2v) is 7.67. The monoisotopic (exact) mass is 478 g/mol. The zero-order valence-electron chi connectivity index (χ0n) is 19.4. The molecular formula is C24H26N6O3S. The van der Waals surface area contributed by atoms with Crippen LogP contribution in [0.1, 0.15) is 27.3 Å². The molecule has 2 aromatic carbocycles. The SMILES string of the molecule is COC(=O)c1ccc(NC(=S)NC(=NCc2ccc(OC)cc2)Nc2nc(C)cc(C)n2)cc1. The number of aromatic nitrogens is 2. The van der Waals surface area contributed by atoms with Crippen LogP contribution in [0.2, 0.25) is 0 Å². The molecule has 0 saturated heterocycles. The van der Waals surface area contributed by atoms with Gasteiger partial charge < -0.3 is 20.1 Å². The van der Waals surface area contributed by atoms with Crippen LogP contribution in [0.3, 0.4) is 0 Å². The molecule has 34 heavy (non-hydrogen) atoms. The van der Waals surface area contributed by atoms with Gasteiger partial charge in [0.25, 0.3) is 0 Å². The van der Waals surface area contributed by atoms with Crippen molar-refractivity contribution in [1.82, 2.24) is 15.3 Å². The molecule has 0 aliphatic heterocycles. The van der Waals surface area contributed by atoms with E-state index in [9.17, 15) is 4.79 Å². The first-order valence-corrected chi connectivity index (χ1v) is 10.8. The van der Waals surface area contributed by atoms with Gasteiger partial charge >= 0.3 is 5.97 Å². The Bertz CT molecular complexity index is 1160. The van der Waals surface area contributed by atoms with Crippen LogP contribution in [0.25, 0.3) is 0 Å². The molecule has 0 unspecified atom stereocenters. The fraction of sp³-hybridized carbons (Fsp3) is 0.208. The molecule has 3 aromatic rings. The van der Waals surface area contributed by atoms with Gasteiger partial charge in [-0.3, -0.25) is 5.32 Å². The Morgan fingerprint density at radius 2 is 1.62 bits per heavy atom. The van der Waals surface area contributed by atoms with Crippen molar-refractivity contribution in [1.29, 1.82) is 0 Å². The summed E-state index contributed by atoms with van der Waals surface area (Å²) in [4.78, 5) is 25.1. The molecule has 1 aromatic heterocycles. The Balaban J connectivity index is 1.74. The van der Waals surface area contributed by atoms with Crippen LogP contribution in [-0.4, -0.2) is 41.2 Å². The fourth-order valence-corrected chi connectivity index (χ4v) is 3.19. The predicted molar refractivity (Wildman–Crippen MR) is 136 cm³/mol. The van der Waals surface area contributed by atoms with Crippen LogP contribution in [0.5, 0.6) is 5.75 Å². The maximum atomic E-state index is 11.6. The van der Waals surface area contributed by atoms with Gasteiger partial charge in [0.05, 0.1) is 26.3 Å². The number of nitrogens with zero attached hydrogens (tertiary/aromatic N) is 3. The van der Waals surface area contributed by atoms with Crippen molar-refractivity contribution in [2.75, 3.05) is 24.9 Å². The molecular weight excluding hydrogens is 452 g/mol. The summed E-state index contributed by atoms with van der Waals surface area (Å²) >= 11 is 5.46. The number of nitrogens with one attached hydrogen (secondary N) is 3. The molecule has 10 heteroatoms. The summed E-state index contributed by atoms with van der Waals surface area (Å²) in [5, 5.41) is 9.53. The Hall–Kier alpha value is -4.05. The first-order chi connectivity index (χ1) is 16.4. The number of hydrogen-bond donors (Lipinski definition) is 3. The largest absolute Gasteiger partial charge is 0.497 e. The van der Waals surface area contributed by atoms with Crippen molar-refractivity contribution >= 4 is 40.9 Å². The van der Waals surface area contributed by atoms with Crippen molar-refractivity contribution < 1.29 is 14.3 Å². The highest BCUT2D eigenvalue weighted by Crippen LogP contribution is 2.13. The Kier molecular flexibility index (Phi) is 8.47. The summed E-state index contributed by atoms with van der Waals surface area (Å²) < 4.78 is 9.92. The molecule has 0 aliphatic rings. The van der Waals surface area contributed by atoms with Crippen LogP contribution in [0.4, 0.5) is 11.6 Å². The summed E-state index contributed by atoms with van der Waals surface area (Å²) in [6.45, 7) is 4.18. The van der Waals surface area contributed by atoms with Gasteiger partial charge in [0, 0.05) is 17.1 Å². The second kappa shape index (κ2) is 11.7. The number of benzene rings is 2. The van der Waals surface area contributed by atoms with Gasteiger partial charge in [0.2, 0.25) is 11.9 Å². The molecule has 0 atom stereocenters. The van der Waals surface area contributed by atoms with Crippen molar-refractivity contribution in [3.8, 4) is 5.75 Å². The molecule has 0 aliphatic carbocycles. The molecule has 3 N–H and O–H groups in total. The van der Waals surface area contributed by atoms with Crippen LogP contribution < -0.4 is 20.7 Å². The summed E-state index contributed by atoms with van der Waals surface area (Å²) in [5.41, 5.74) is 3.79. The maximum Gasteiger partial charge on any atom is 0.337 e. The number of carbonyl (C=O) groups is 1. The lowest BCUT2D eigenvalue weighted by Crippen LogP contribution is -2.39. The Morgan fingerprint density at radius 3 is 2.21 bits per heavy atom. The lowest BCUT2D eigenvalue weighted by molar-refractivity contribution is 0.0601. The quantitative estimate of drug-likeness (QED) is 0.211. The van der Waals surface area contributed by atoms with Gasteiger partial charge in [0.1, 0.15) is 5.75 Å². The highest BCUT2D eigenvalue weighted by Gasteiger charge is 2.09. The van der Waals surface area contributed by atoms with E-state index in [0.29, 0.717) is 34.8 Å². The van der Waals surface area contributed by atoms with Crippen molar-refractivity contribution in [2.24, 2.45) is 4.99 Å². The molecule has 0 spiro atoms. The number of hydrogen-bond acceptors (Lipinski definition) is 7. The first kappa shape index (κ1) is 24.6. The Morgan fingerprint density at radius 1 is 0.971 bits per heavy atom. The molecule has 1 heterocycles. The van der Waals surface area contributed by atoms with Crippen LogP contribution in [0.15, 0.2) is 59.6 Å². The third-order valence-corrected chi connectivity index (χ3v) is 4.79. The van der Waals surface area contributed by atoms with E-state index < -0.39 is 5.97 Å². The lowest BCUT2D eigenvalue weighted by atomic mass is 10.2. The van der Waals surface area contributed by atoms with E-state index in [1.54, 1.807) is 31.4 Å². The Labute approximate surface area is 203 Å². The van der Waals surface area contributed by atoms with Crippen LogP contribution in [0, 0.1) is 13.8 Å². The minimum Gasteiger partial charge on any atom is -0.497 e. The summed E-state index contributed by atoms with van der Waals surface area (Å²) in [6, 6.07) is 16.3. The first-order valence-electron chi connectivity index (χ1n) is 10.4. The normalized spacial score (nSPS) is 10.9.